The molecule has 0 spiro atoms. The molecule has 0 radical (unpaired) electrons. The van der Waals surface area contributed by atoms with Gasteiger partial charge in [0.15, 0.2) is 5.17 Å². The Morgan fingerprint density at radius 1 is 0.808 bits per heavy atom. The van der Waals surface area contributed by atoms with E-state index in [-0.39, 0.29) is 35.5 Å². The summed E-state index contributed by atoms with van der Waals surface area (Å²) in [7, 11) is 0. The van der Waals surface area contributed by atoms with Gasteiger partial charge in [-0.2, -0.15) is 0 Å². The fraction of sp³-hybridized carbons (Fsp3) is 0.286. The molecule has 0 saturated carbocycles. The maximum absolute atomic E-state index is 13.4. The third-order valence-corrected chi connectivity index (χ3v) is 7.17. The van der Waals surface area contributed by atoms with Crippen LogP contribution in [0, 0.1) is 11.8 Å². The Morgan fingerprint density at radius 3 is 1.65 bits per heavy atom. The highest BCUT2D eigenvalue weighted by Crippen LogP contribution is 2.61. The molecule has 2 aliphatic heterocycles. The summed E-state index contributed by atoms with van der Waals surface area (Å²) in [5.41, 5.74) is 4.84. The SMILES string of the molecule is O=C1[C@@H]2C3c4ccccc4C(c4ccccc43)[C@H]2C(=O)N1C1=NCCS1. The molecule has 7 rings (SSSR count). The topological polar surface area (TPSA) is 49.7 Å². The average molecular weight is 360 g/mol. The van der Waals surface area contributed by atoms with E-state index in [9.17, 15) is 9.59 Å². The first-order valence-corrected chi connectivity index (χ1v) is 9.98. The lowest BCUT2D eigenvalue weighted by Gasteiger charge is -2.45. The molecule has 128 valence electrons. The number of amidine groups is 1. The number of thioether (sulfide) groups is 1. The average Bonchev–Trinajstić information content (AvgIpc) is 3.29. The molecule has 3 aliphatic carbocycles. The van der Waals surface area contributed by atoms with Crippen LogP contribution in [0.3, 0.4) is 0 Å². The molecule has 0 aromatic heterocycles. The molecule has 2 bridgehead atoms. The lowest BCUT2D eigenvalue weighted by atomic mass is 9.55. The van der Waals surface area contributed by atoms with E-state index in [0.717, 1.165) is 5.75 Å². The minimum absolute atomic E-state index is 0.0362. The maximum Gasteiger partial charge on any atom is 0.240 e. The predicted octanol–water partition coefficient (Wildman–Crippen LogP) is 2.98. The molecule has 5 aliphatic rings. The Hall–Kier alpha value is -2.40. The molecule has 2 atom stereocenters. The van der Waals surface area contributed by atoms with Crippen molar-refractivity contribution in [3.05, 3.63) is 70.8 Å². The van der Waals surface area contributed by atoms with Gasteiger partial charge < -0.3 is 0 Å². The first-order chi connectivity index (χ1) is 12.8. The fourth-order valence-electron chi connectivity index (χ4n) is 5.32. The summed E-state index contributed by atoms with van der Waals surface area (Å²) < 4.78 is 0. The van der Waals surface area contributed by atoms with Crippen LogP contribution in [-0.4, -0.2) is 34.2 Å². The molecular weight excluding hydrogens is 344 g/mol. The minimum atomic E-state index is -0.304. The second-order valence-corrected chi connectivity index (χ2v) is 8.35. The van der Waals surface area contributed by atoms with Gasteiger partial charge in [-0.1, -0.05) is 60.3 Å². The van der Waals surface area contributed by atoms with E-state index in [1.54, 1.807) is 0 Å². The van der Waals surface area contributed by atoms with Crippen molar-refractivity contribution in [3.63, 3.8) is 0 Å². The van der Waals surface area contributed by atoms with Crippen molar-refractivity contribution in [1.82, 2.24) is 4.90 Å². The molecule has 0 unspecified atom stereocenters. The normalized spacial score (nSPS) is 30.9. The van der Waals surface area contributed by atoms with Crippen LogP contribution >= 0.6 is 11.8 Å². The Kier molecular flexibility index (Phi) is 2.87. The molecule has 2 amide bonds. The summed E-state index contributed by atoms with van der Waals surface area (Å²) in [6.45, 7) is 0.680. The number of rotatable bonds is 0. The lowest BCUT2D eigenvalue weighted by Crippen LogP contribution is -2.41. The van der Waals surface area contributed by atoms with Crippen molar-refractivity contribution in [1.29, 1.82) is 0 Å². The first-order valence-electron chi connectivity index (χ1n) is 9.00. The Bertz CT molecular complexity index is 899. The van der Waals surface area contributed by atoms with Crippen molar-refractivity contribution < 1.29 is 9.59 Å². The summed E-state index contributed by atoms with van der Waals surface area (Å²) in [6.07, 6.45) is 0. The van der Waals surface area contributed by atoms with Gasteiger partial charge in [0.25, 0.3) is 0 Å². The van der Waals surface area contributed by atoms with E-state index in [4.69, 9.17) is 0 Å². The monoisotopic (exact) mass is 360 g/mol. The van der Waals surface area contributed by atoms with Gasteiger partial charge in [0.05, 0.1) is 18.4 Å². The van der Waals surface area contributed by atoms with E-state index < -0.39 is 0 Å². The number of imide groups is 1. The highest BCUT2D eigenvalue weighted by molar-refractivity contribution is 8.14. The van der Waals surface area contributed by atoms with E-state index in [1.807, 2.05) is 24.3 Å². The standard InChI is InChI=1S/C21H16N2O2S/c24-19-17-15-11-5-1-2-6-12(11)16(14-8-4-3-7-13(14)15)18(17)20(25)23(19)21-22-9-10-26-21/h1-8,15-18H,9-10H2/t15?,16?,17-,18-/m1/s1. The van der Waals surface area contributed by atoms with Crippen LogP contribution in [0.25, 0.3) is 0 Å². The number of hydrogen-bond donors (Lipinski definition) is 0. The van der Waals surface area contributed by atoms with E-state index in [2.05, 4.69) is 29.3 Å². The Morgan fingerprint density at radius 2 is 1.27 bits per heavy atom. The molecule has 1 saturated heterocycles. The van der Waals surface area contributed by atoms with Crippen molar-refractivity contribution in [2.45, 2.75) is 11.8 Å². The van der Waals surface area contributed by atoms with Crippen molar-refractivity contribution in [2.75, 3.05) is 12.3 Å². The number of carbonyl (C=O) groups excluding carboxylic acids is 2. The quantitative estimate of drug-likeness (QED) is 0.679. The minimum Gasteiger partial charge on any atom is -0.274 e. The highest BCUT2D eigenvalue weighted by Gasteiger charge is 2.62. The van der Waals surface area contributed by atoms with Crippen molar-refractivity contribution in [3.8, 4) is 0 Å². The summed E-state index contributed by atoms with van der Waals surface area (Å²) in [4.78, 5) is 32.5. The molecule has 2 aromatic carbocycles. The van der Waals surface area contributed by atoms with Crippen LogP contribution < -0.4 is 0 Å². The van der Waals surface area contributed by atoms with Crippen LogP contribution in [0.2, 0.25) is 0 Å². The summed E-state index contributed by atoms with van der Waals surface area (Å²) in [5.74, 6) is 0.0353. The Balaban J connectivity index is 1.59. The maximum atomic E-state index is 13.4. The molecule has 26 heavy (non-hydrogen) atoms. The number of benzene rings is 2. The highest BCUT2D eigenvalue weighted by atomic mass is 32.2. The fourth-order valence-corrected chi connectivity index (χ4v) is 6.18. The third kappa shape index (κ3) is 1.65. The zero-order chi connectivity index (χ0) is 17.4. The summed E-state index contributed by atoms with van der Waals surface area (Å²) in [5, 5.41) is 0.599. The summed E-state index contributed by atoms with van der Waals surface area (Å²) >= 11 is 1.52. The molecule has 0 N–H and O–H groups in total. The largest absolute Gasteiger partial charge is 0.274 e. The van der Waals surface area contributed by atoms with Gasteiger partial charge in [-0.25, -0.2) is 4.90 Å². The number of amides is 2. The molecule has 2 aromatic rings. The van der Waals surface area contributed by atoms with E-state index in [0.29, 0.717) is 11.7 Å². The van der Waals surface area contributed by atoms with Gasteiger partial charge >= 0.3 is 0 Å². The molecular formula is C21H16N2O2S. The number of hydrogen-bond acceptors (Lipinski definition) is 4. The molecule has 1 fully saturated rings. The van der Waals surface area contributed by atoms with Crippen LogP contribution in [0.15, 0.2) is 53.5 Å². The number of likely N-dealkylation sites (tertiary alicyclic amines) is 1. The molecule has 5 heteroatoms. The van der Waals surface area contributed by atoms with E-state index in [1.165, 1.54) is 38.9 Å². The van der Waals surface area contributed by atoms with E-state index >= 15 is 0 Å². The summed E-state index contributed by atoms with van der Waals surface area (Å²) in [6, 6.07) is 16.6. The van der Waals surface area contributed by atoms with Gasteiger partial charge in [-0.05, 0) is 22.3 Å². The van der Waals surface area contributed by atoms with Crippen molar-refractivity contribution >= 4 is 28.7 Å². The van der Waals surface area contributed by atoms with Gasteiger partial charge in [0.2, 0.25) is 11.8 Å². The third-order valence-electron chi connectivity index (χ3n) is 6.21. The van der Waals surface area contributed by atoms with Crippen LogP contribution in [-0.2, 0) is 9.59 Å². The van der Waals surface area contributed by atoms with Gasteiger partial charge in [-0.15, -0.1) is 0 Å². The number of aliphatic imine (C=N–C) groups is 1. The number of carbonyl (C=O) groups is 2. The van der Waals surface area contributed by atoms with Gasteiger partial charge in [0, 0.05) is 17.6 Å². The van der Waals surface area contributed by atoms with Gasteiger partial charge in [-0.3, -0.25) is 14.6 Å². The van der Waals surface area contributed by atoms with Crippen LogP contribution in [0.1, 0.15) is 34.1 Å². The second kappa shape index (κ2) is 5.07. The molecule has 4 nitrogen and oxygen atoms in total. The van der Waals surface area contributed by atoms with Crippen molar-refractivity contribution in [2.24, 2.45) is 16.8 Å². The lowest BCUT2D eigenvalue weighted by molar-refractivity contribution is -0.134. The number of nitrogens with zero attached hydrogens (tertiary/aromatic N) is 2. The zero-order valence-corrected chi connectivity index (χ0v) is 14.8. The predicted molar refractivity (Wildman–Crippen MR) is 100 cm³/mol. The zero-order valence-electron chi connectivity index (χ0n) is 14.0. The van der Waals surface area contributed by atoms with Crippen LogP contribution in [0.5, 0.6) is 0 Å². The first kappa shape index (κ1) is 14.7. The Labute approximate surface area is 155 Å². The molecule has 2 heterocycles. The van der Waals surface area contributed by atoms with Crippen LogP contribution in [0.4, 0.5) is 0 Å². The smallest absolute Gasteiger partial charge is 0.240 e. The van der Waals surface area contributed by atoms with Gasteiger partial charge in [0.1, 0.15) is 0 Å². The second-order valence-electron chi connectivity index (χ2n) is 7.29.